The van der Waals surface area contributed by atoms with Crippen LogP contribution in [0.5, 0.6) is 0 Å². The molecule has 1 N–H and O–H groups in total. The van der Waals surface area contributed by atoms with Crippen molar-refractivity contribution < 1.29 is 4.79 Å². The number of thiophene rings is 1. The average molecular weight is 427 g/mol. The third kappa shape index (κ3) is 5.28. The number of nitrogens with zero attached hydrogens (tertiary/aromatic N) is 3. The van der Waals surface area contributed by atoms with Gasteiger partial charge in [0, 0.05) is 6.04 Å². The Kier molecular flexibility index (Phi) is 6.67. The average Bonchev–Trinajstić information content (AvgIpc) is 3.39. The lowest BCUT2D eigenvalue weighted by atomic mass is 9.87. The van der Waals surface area contributed by atoms with E-state index in [0.717, 1.165) is 34.6 Å². The first-order valence-corrected chi connectivity index (χ1v) is 12.0. The second kappa shape index (κ2) is 9.59. The molecule has 29 heavy (non-hydrogen) atoms. The van der Waals surface area contributed by atoms with Crippen molar-refractivity contribution in [1.82, 2.24) is 20.1 Å². The van der Waals surface area contributed by atoms with E-state index in [9.17, 15) is 4.79 Å². The Labute approximate surface area is 179 Å². The molecule has 4 rings (SSSR count). The van der Waals surface area contributed by atoms with Gasteiger partial charge in [0.15, 0.2) is 11.0 Å². The Morgan fingerprint density at radius 1 is 1.14 bits per heavy atom. The maximum Gasteiger partial charge on any atom is 0.230 e. The van der Waals surface area contributed by atoms with Gasteiger partial charge in [0.2, 0.25) is 5.91 Å². The molecule has 0 aliphatic heterocycles. The number of amides is 1. The van der Waals surface area contributed by atoms with Crippen LogP contribution >= 0.6 is 23.1 Å². The molecular weight excluding hydrogens is 400 g/mol. The summed E-state index contributed by atoms with van der Waals surface area (Å²) in [5, 5.41) is 14.9. The number of carbonyl (C=O) groups is 1. The predicted octanol–water partition coefficient (Wildman–Crippen LogP) is 4.84. The highest BCUT2D eigenvalue weighted by molar-refractivity contribution is 7.99. The Balaban J connectivity index is 1.44. The van der Waals surface area contributed by atoms with Crippen LogP contribution in [0.4, 0.5) is 0 Å². The smallest absolute Gasteiger partial charge is 0.230 e. The zero-order chi connectivity index (χ0) is 20.1. The first-order valence-electron chi connectivity index (χ1n) is 10.1. The Hall–Kier alpha value is -2.12. The Morgan fingerprint density at radius 3 is 2.66 bits per heavy atom. The molecule has 5 nitrogen and oxygen atoms in total. The fraction of sp³-hybridized carbons (Fsp3) is 0.409. The molecule has 2 aromatic heterocycles. The molecule has 1 aliphatic carbocycles. The summed E-state index contributed by atoms with van der Waals surface area (Å²) in [6.45, 7) is 2.98. The number of hydrogen-bond acceptors (Lipinski definition) is 5. The third-order valence-electron chi connectivity index (χ3n) is 5.36. The van der Waals surface area contributed by atoms with Crippen molar-refractivity contribution in [1.29, 1.82) is 0 Å². The van der Waals surface area contributed by atoms with E-state index in [4.69, 9.17) is 0 Å². The van der Waals surface area contributed by atoms with Crippen molar-refractivity contribution in [2.45, 2.75) is 50.4 Å². The molecule has 3 aromatic rings. The minimum absolute atomic E-state index is 0.0847. The van der Waals surface area contributed by atoms with Crippen LogP contribution in [0, 0.1) is 5.92 Å². The quantitative estimate of drug-likeness (QED) is 0.549. The van der Waals surface area contributed by atoms with Crippen molar-refractivity contribution in [2.24, 2.45) is 5.92 Å². The summed E-state index contributed by atoms with van der Waals surface area (Å²) in [5.41, 5.74) is 1.19. The summed E-state index contributed by atoms with van der Waals surface area (Å²) in [4.78, 5) is 13.6. The number of carbonyl (C=O) groups excluding carboxylic acids is 1. The molecule has 1 aromatic carbocycles. The third-order valence-corrected chi connectivity index (χ3v) is 7.19. The van der Waals surface area contributed by atoms with Crippen LogP contribution in [0.3, 0.4) is 0 Å². The molecule has 2 heterocycles. The zero-order valence-electron chi connectivity index (χ0n) is 16.6. The number of nitrogens with one attached hydrogen (secondary N) is 1. The van der Waals surface area contributed by atoms with E-state index in [2.05, 4.69) is 45.2 Å². The van der Waals surface area contributed by atoms with Crippen LogP contribution in [-0.2, 0) is 11.3 Å². The number of benzene rings is 1. The van der Waals surface area contributed by atoms with Gasteiger partial charge in [0.25, 0.3) is 0 Å². The van der Waals surface area contributed by atoms with Gasteiger partial charge in [-0.1, -0.05) is 55.1 Å². The van der Waals surface area contributed by atoms with Gasteiger partial charge in [0.05, 0.1) is 17.2 Å². The Morgan fingerprint density at radius 2 is 1.93 bits per heavy atom. The molecule has 0 saturated heterocycles. The van der Waals surface area contributed by atoms with E-state index in [1.807, 2.05) is 29.6 Å². The van der Waals surface area contributed by atoms with E-state index in [0.29, 0.717) is 18.3 Å². The van der Waals surface area contributed by atoms with Crippen LogP contribution in [0.15, 0.2) is 53.0 Å². The largest absolute Gasteiger partial charge is 0.353 e. The zero-order valence-corrected chi connectivity index (χ0v) is 18.2. The molecule has 7 heteroatoms. The van der Waals surface area contributed by atoms with E-state index < -0.39 is 0 Å². The van der Waals surface area contributed by atoms with Crippen molar-refractivity contribution >= 4 is 29.0 Å². The van der Waals surface area contributed by atoms with Gasteiger partial charge in [-0.2, -0.15) is 0 Å². The fourth-order valence-corrected chi connectivity index (χ4v) is 5.16. The van der Waals surface area contributed by atoms with Gasteiger partial charge in [-0.15, -0.1) is 21.5 Å². The van der Waals surface area contributed by atoms with Crippen LogP contribution in [0.1, 0.15) is 38.2 Å². The van der Waals surface area contributed by atoms with Crippen LogP contribution in [-0.4, -0.2) is 32.5 Å². The fourth-order valence-electron chi connectivity index (χ4n) is 3.70. The SMILES string of the molecule is CC1CCC(NC(=O)CSc2nnc(-c3cccs3)n2Cc2ccccc2)CC1. The molecule has 0 atom stereocenters. The Bertz CT molecular complexity index is 916. The first kappa shape index (κ1) is 20.2. The maximum atomic E-state index is 12.5. The second-order valence-corrected chi connectivity index (χ2v) is 9.56. The van der Waals surface area contributed by atoms with Gasteiger partial charge in [-0.25, -0.2) is 0 Å². The topological polar surface area (TPSA) is 59.8 Å². The molecule has 0 bridgehead atoms. The minimum atomic E-state index is 0.0847. The van der Waals surface area contributed by atoms with Gasteiger partial charge >= 0.3 is 0 Å². The van der Waals surface area contributed by atoms with Crippen molar-refractivity contribution in [2.75, 3.05) is 5.75 Å². The highest BCUT2D eigenvalue weighted by atomic mass is 32.2. The van der Waals surface area contributed by atoms with E-state index in [1.54, 1.807) is 11.3 Å². The molecular formula is C22H26N4OS2. The predicted molar refractivity (Wildman–Crippen MR) is 119 cm³/mol. The van der Waals surface area contributed by atoms with Crippen molar-refractivity contribution in [3.63, 3.8) is 0 Å². The maximum absolute atomic E-state index is 12.5. The number of hydrogen-bond donors (Lipinski definition) is 1. The summed E-state index contributed by atoms with van der Waals surface area (Å²) in [7, 11) is 0. The van der Waals surface area contributed by atoms with E-state index >= 15 is 0 Å². The number of thioether (sulfide) groups is 1. The second-order valence-electron chi connectivity index (χ2n) is 7.67. The lowest BCUT2D eigenvalue weighted by Gasteiger charge is -2.26. The summed E-state index contributed by atoms with van der Waals surface area (Å²) in [6.07, 6.45) is 4.58. The van der Waals surface area contributed by atoms with Gasteiger partial charge in [-0.3, -0.25) is 9.36 Å². The minimum Gasteiger partial charge on any atom is -0.353 e. The lowest BCUT2D eigenvalue weighted by molar-refractivity contribution is -0.119. The van der Waals surface area contributed by atoms with Gasteiger partial charge < -0.3 is 5.32 Å². The summed E-state index contributed by atoms with van der Waals surface area (Å²) < 4.78 is 2.11. The van der Waals surface area contributed by atoms with Crippen LogP contribution in [0.2, 0.25) is 0 Å². The van der Waals surface area contributed by atoms with Crippen LogP contribution < -0.4 is 5.32 Å². The van der Waals surface area contributed by atoms with E-state index in [1.165, 1.54) is 30.2 Å². The standard InChI is InChI=1S/C22H26N4OS2/c1-16-9-11-18(12-10-16)23-20(27)15-29-22-25-24-21(19-8-5-13-28-19)26(22)14-17-6-3-2-4-7-17/h2-8,13,16,18H,9-12,14-15H2,1H3,(H,23,27). The highest BCUT2D eigenvalue weighted by Gasteiger charge is 2.21. The van der Waals surface area contributed by atoms with E-state index in [-0.39, 0.29) is 5.91 Å². The van der Waals surface area contributed by atoms with Crippen molar-refractivity contribution in [3.8, 4) is 10.7 Å². The summed E-state index contributed by atoms with van der Waals surface area (Å²) >= 11 is 3.11. The summed E-state index contributed by atoms with van der Waals surface area (Å²) in [5.74, 6) is 2.09. The lowest BCUT2D eigenvalue weighted by Crippen LogP contribution is -2.38. The molecule has 1 saturated carbocycles. The van der Waals surface area contributed by atoms with Gasteiger partial charge in [0.1, 0.15) is 0 Å². The molecule has 1 fully saturated rings. The first-order chi connectivity index (χ1) is 14.2. The van der Waals surface area contributed by atoms with Gasteiger partial charge in [-0.05, 0) is 48.6 Å². The molecule has 1 amide bonds. The highest BCUT2D eigenvalue weighted by Crippen LogP contribution is 2.28. The normalized spacial score (nSPS) is 19.2. The molecule has 0 spiro atoms. The molecule has 1 aliphatic rings. The molecule has 0 unspecified atom stereocenters. The molecule has 152 valence electrons. The van der Waals surface area contributed by atoms with Crippen molar-refractivity contribution in [3.05, 3.63) is 53.4 Å². The van der Waals surface area contributed by atoms with Crippen LogP contribution in [0.25, 0.3) is 10.7 Å². The summed E-state index contributed by atoms with van der Waals surface area (Å²) in [6, 6.07) is 14.7. The number of aromatic nitrogens is 3. The number of rotatable bonds is 7. The molecule has 0 radical (unpaired) electrons. The monoisotopic (exact) mass is 426 g/mol.